The lowest BCUT2D eigenvalue weighted by molar-refractivity contribution is 0.0954. The summed E-state index contributed by atoms with van der Waals surface area (Å²) in [5.41, 5.74) is 1.28. The number of carbonyl (C=O) groups is 1. The first-order valence-corrected chi connectivity index (χ1v) is 9.73. The van der Waals surface area contributed by atoms with Crippen molar-refractivity contribution in [3.63, 3.8) is 0 Å². The Hall–Kier alpha value is -2.45. The van der Waals surface area contributed by atoms with E-state index >= 15 is 0 Å². The number of aromatic nitrogens is 1. The van der Waals surface area contributed by atoms with Crippen molar-refractivity contribution in [2.75, 3.05) is 11.9 Å². The number of amides is 1. The zero-order valence-electron chi connectivity index (χ0n) is 15.1. The standard InChI is InChI=1S/C18H24N4O3S/c1-18(2,3)22-16-9-6-14(12-21-16)17(23)20-11-10-13-4-7-15(8-5-13)26(19,24)25/h4-9,12H,10-11H2,1-3H3,(H,20,23)(H,21,22)(H2,19,24,25). The number of hydrogen-bond acceptors (Lipinski definition) is 5. The van der Waals surface area contributed by atoms with Gasteiger partial charge in [-0.1, -0.05) is 12.1 Å². The minimum atomic E-state index is -3.69. The van der Waals surface area contributed by atoms with Gasteiger partial charge >= 0.3 is 0 Å². The Balaban J connectivity index is 1.87. The van der Waals surface area contributed by atoms with E-state index in [4.69, 9.17) is 5.14 Å². The van der Waals surface area contributed by atoms with Crippen molar-refractivity contribution in [3.8, 4) is 0 Å². The van der Waals surface area contributed by atoms with E-state index in [9.17, 15) is 13.2 Å². The third kappa shape index (κ3) is 6.12. The molecule has 1 aromatic carbocycles. The zero-order valence-corrected chi connectivity index (χ0v) is 15.9. The van der Waals surface area contributed by atoms with E-state index in [0.717, 1.165) is 5.56 Å². The van der Waals surface area contributed by atoms with Crippen LogP contribution in [-0.2, 0) is 16.4 Å². The van der Waals surface area contributed by atoms with Crippen LogP contribution in [0, 0.1) is 0 Å². The molecule has 1 heterocycles. The largest absolute Gasteiger partial charge is 0.365 e. The van der Waals surface area contributed by atoms with Gasteiger partial charge in [-0.3, -0.25) is 4.79 Å². The summed E-state index contributed by atoms with van der Waals surface area (Å²) in [6.45, 7) is 6.52. The quantitative estimate of drug-likeness (QED) is 0.712. The Kier molecular flexibility index (Phi) is 5.99. The van der Waals surface area contributed by atoms with Gasteiger partial charge in [-0.25, -0.2) is 18.5 Å². The molecule has 0 spiro atoms. The molecule has 26 heavy (non-hydrogen) atoms. The summed E-state index contributed by atoms with van der Waals surface area (Å²) in [7, 11) is -3.69. The highest BCUT2D eigenvalue weighted by Gasteiger charge is 2.11. The lowest BCUT2D eigenvalue weighted by atomic mass is 10.1. The second kappa shape index (κ2) is 7.84. The fraction of sp³-hybridized carbons (Fsp3) is 0.333. The Morgan fingerprint density at radius 1 is 1.12 bits per heavy atom. The molecule has 4 N–H and O–H groups in total. The smallest absolute Gasteiger partial charge is 0.252 e. The van der Waals surface area contributed by atoms with Gasteiger partial charge in [-0.2, -0.15) is 0 Å². The molecule has 0 aliphatic carbocycles. The summed E-state index contributed by atoms with van der Waals surface area (Å²) in [6.07, 6.45) is 2.11. The highest BCUT2D eigenvalue weighted by molar-refractivity contribution is 7.89. The number of anilines is 1. The summed E-state index contributed by atoms with van der Waals surface area (Å²) in [4.78, 5) is 16.5. The molecule has 0 atom stereocenters. The molecule has 0 fully saturated rings. The number of nitrogens with one attached hydrogen (secondary N) is 2. The molecule has 140 valence electrons. The summed E-state index contributed by atoms with van der Waals surface area (Å²) in [5.74, 6) is 0.505. The van der Waals surface area contributed by atoms with Crippen LogP contribution in [0.3, 0.4) is 0 Å². The van der Waals surface area contributed by atoms with Crippen LogP contribution in [0.5, 0.6) is 0 Å². The molecular formula is C18H24N4O3S. The van der Waals surface area contributed by atoms with E-state index in [0.29, 0.717) is 24.3 Å². The molecule has 0 aliphatic heterocycles. The third-order valence-electron chi connectivity index (χ3n) is 3.48. The van der Waals surface area contributed by atoms with E-state index < -0.39 is 10.0 Å². The van der Waals surface area contributed by atoms with Crippen molar-refractivity contribution in [2.45, 2.75) is 37.6 Å². The molecule has 1 amide bonds. The van der Waals surface area contributed by atoms with Crippen molar-refractivity contribution < 1.29 is 13.2 Å². The predicted molar refractivity (Wildman–Crippen MR) is 101 cm³/mol. The van der Waals surface area contributed by atoms with Gasteiger partial charge in [0.15, 0.2) is 0 Å². The number of nitrogens with zero attached hydrogens (tertiary/aromatic N) is 1. The Labute approximate surface area is 154 Å². The predicted octanol–water partition coefficient (Wildman–Crippen LogP) is 1.91. The van der Waals surface area contributed by atoms with Crippen LogP contribution in [-0.4, -0.2) is 31.4 Å². The van der Waals surface area contributed by atoms with Crippen LogP contribution in [0.2, 0.25) is 0 Å². The third-order valence-corrected chi connectivity index (χ3v) is 4.41. The summed E-state index contributed by atoms with van der Waals surface area (Å²) < 4.78 is 22.4. The summed E-state index contributed by atoms with van der Waals surface area (Å²) in [6, 6.07) is 9.76. The van der Waals surface area contributed by atoms with Crippen molar-refractivity contribution in [1.29, 1.82) is 0 Å². The number of pyridine rings is 1. The lowest BCUT2D eigenvalue weighted by Gasteiger charge is -2.21. The zero-order chi connectivity index (χ0) is 19.4. The van der Waals surface area contributed by atoms with Gasteiger partial charge in [-0.15, -0.1) is 0 Å². The molecule has 7 nitrogen and oxygen atoms in total. The van der Waals surface area contributed by atoms with Crippen molar-refractivity contribution in [1.82, 2.24) is 10.3 Å². The number of benzene rings is 1. The van der Waals surface area contributed by atoms with Gasteiger partial charge in [0.25, 0.3) is 5.91 Å². The Morgan fingerprint density at radius 3 is 2.27 bits per heavy atom. The molecule has 0 aliphatic rings. The molecule has 8 heteroatoms. The SMILES string of the molecule is CC(C)(C)Nc1ccc(C(=O)NCCc2ccc(S(N)(=O)=O)cc2)cn1. The first-order chi connectivity index (χ1) is 12.0. The Bertz CT molecular complexity index is 855. The first kappa shape index (κ1) is 19.9. The minimum Gasteiger partial charge on any atom is -0.365 e. The number of rotatable bonds is 6. The van der Waals surface area contributed by atoms with Gasteiger partial charge < -0.3 is 10.6 Å². The average molecular weight is 376 g/mol. The fourth-order valence-corrected chi connectivity index (χ4v) is 2.77. The molecule has 0 saturated heterocycles. The first-order valence-electron chi connectivity index (χ1n) is 8.19. The fourth-order valence-electron chi connectivity index (χ4n) is 2.25. The van der Waals surface area contributed by atoms with Crippen LogP contribution >= 0.6 is 0 Å². The maximum atomic E-state index is 12.1. The van der Waals surface area contributed by atoms with Crippen molar-refractivity contribution in [2.24, 2.45) is 5.14 Å². The van der Waals surface area contributed by atoms with Crippen LogP contribution < -0.4 is 15.8 Å². The maximum Gasteiger partial charge on any atom is 0.252 e. The lowest BCUT2D eigenvalue weighted by Crippen LogP contribution is -2.27. The number of primary sulfonamides is 1. The van der Waals surface area contributed by atoms with Crippen LogP contribution in [0.4, 0.5) is 5.82 Å². The number of sulfonamides is 1. The molecule has 0 bridgehead atoms. The van der Waals surface area contributed by atoms with Crippen LogP contribution in [0.15, 0.2) is 47.5 Å². The number of nitrogens with two attached hydrogens (primary N) is 1. The number of carbonyl (C=O) groups excluding carboxylic acids is 1. The summed E-state index contributed by atoms with van der Waals surface area (Å²) in [5, 5.41) is 11.1. The van der Waals surface area contributed by atoms with Crippen LogP contribution in [0.25, 0.3) is 0 Å². The van der Waals surface area contributed by atoms with Gasteiger partial charge in [-0.05, 0) is 57.0 Å². The van der Waals surface area contributed by atoms with E-state index in [1.807, 2.05) is 20.8 Å². The second-order valence-electron chi connectivity index (χ2n) is 7.00. The highest BCUT2D eigenvalue weighted by Crippen LogP contribution is 2.12. The van der Waals surface area contributed by atoms with Crippen LogP contribution in [0.1, 0.15) is 36.7 Å². The van der Waals surface area contributed by atoms with Crippen molar-refractivity contribution >= 4 is 21.7 Å². The van der Waals surface area contributed by atoms with Gasteiger partial charge in [0.1, 0.15) is 5.82 Å². The molecular weight excluding hydrogens is 352 g/mol. The molecule has 1 aromatic heterocycles. The maximum absolute atomic E-state index is 12.1. The van der Waals surface area contributed by atoms with Crippen molar-refractivity contribution in [3.05, 3.63) is 53.7 Å². The molecule has 0 unspecified atom stereocenters. The van der Waals surface area contributed by atoms with Gasteiger partial charge in [0, 0.05) is 18.3 Å². The molecule has 0 radical (unpaired) electrons. The van der Waals surface area contributed by atoms with Gasteiger partial charge in [0.2, 0.25) is 10.0 Å². The normalized spacial score (nSPS) is 11.8. The topological polar surface area (TPSA) is 114 Å². The second-order valence-corrected chi connectivity index (χ2v) is 8.56. The van der Waals surface area contributed by atoms with Gasteiger partial charge in [0.05, 0.1) is 10.5 Å². The molecule has 0 saturated carbocycles. The summed E-state index contributed by atoms with van der Waals surface area (Å²) >= 11 is 0. The van der Waals surface area contributed by atoms with E-state index in [1.54, 1.807) is 24.3 Å². The average Bonchev–Trinajstić information content (AvgIpc) is 2.53. The number of hydrogen-bond donors (Lipinski definition) is 3. The molecule has 2 aromatic rings. The highest BCUT2D eigenvalue weighted by atomic mass is 32.2. The monoisotopic (exact) mass is 376 g/mol. The molecule has 2 rings (SSSR count). The van der Waals surface area contributed by atoms with E-state index in [1.165, 1.54) is 18.3 Å². The van der Waals surface area contributed by atoms with E-state index in [2.05, 4.69) is 15.6 Å². The van der Waals surface area contributed by atoms with E-state index in [-0.39, 0.29) is 16.3 Å². The Morgan fingerprint density at radius 2 is 1.77 bits per heavy atom. The minimum absolute atomic E-state index is 0.0697.